The van der Waals surface area contributed by atoms with Crippen LogP contribution in [0.3, 0.4) is 0 Å². The Morgan fingerprint density at radius 3 is 2.24 bits per heavy atom. The van der Waals surface area contributed by atoms with Crippen molar-refractivity contribution in [1.82, 2.24) is 0 Å². The SMILES string of the molecule is COc1cc(OC(F)(F)F)ccc1-c1ccc(CO)cc1. The highest BCUT2D eigenvalue weighted by Crippen LogP contribution is 2.35. The minimum absolute atomic E-state index is 0.0736. The molecule has 0 aliphatic carbocycles. The number of hydrogen-bond donors (Lipinski definition) is 1. The Bertz CT molecular complexity index is 607. The minimum atomic E-state index is -4.74. The Balaban J connectivity index is 2.35. The van der Waals surface area contributed by atoms with Crippen molar-refractivity contribution in [2.75, 3.05) is 7.11 Å². The van der Waals surface area contributed by atoms with Gasteiger partial charge in [0.05, 0.1) is 13.7 Å². The first-order valence-electron chi connectivity index (χ1n) is 6.07. The molecule has 0 aliphatic rings. The van der Waals surface area contributed by atoms with Gasteiger partial charge in [0.2, 0.25) is 0 Å². The molecule has 0 saturated carbocycles. The number of aliphatic hydroxyl groups is 1. The average Bonchev–Trinajstić information content (AvgIpc) is 2.45. The summed E-state index contributed by atoms with van der Waals surface area (Å²) >= 11 is 0. The number of hydrogen-bond acceptors (Lipinski definition) is 3. The largest absolute Gasteiger partial charge is 0.573 e. The van der Waals surface area contributed by atoms with Crippen molar-refractivity contribution in [2.24, 2.45) is 0 Å². The topological polar surface area (TPSA) is 38.7 Å². The van der Waals surface area contributed by atoms with Gasteiger partial charge in [-0.1, -0.05) is 24.3 Å². The van der Waals surface area contributed by atoms with Gasteiger partial charge in [-0.25, -0.2) is 0 Å². The van der Waals surface area contributed by atoms with Crippen LogP contribution in [0.5, 0.6) is 11.5 Å². The van der Waals surface area contributed by atoms with Gasteiger partial charge < -0.3 is 14.6 Å². The van der Waals surface area contributed by atoms with Gasteiger partial charge in [0, 0.05) is 11.6 Å². The molecule has 0 radical (unpaired) electrons. The van der Waals surface area contributed by atoms with Gasteiger partial charge in [-0.3, -0.25) is 0 Å². The average molecular weight is 298 g/mol. The van der Waals surface area contributed by atoms with Crippen LogP contribution in [0.1, 0.15) is 5.56 Å². The summed E-state index contributed by atoms with van der Waals surface area (Å²) in [5.74, 6) is -0.0661. The molecule has 0 aliphatic heterocycles. The van der Waals surface area contributed by atoms with E-state index in [0.29, 0.717) is 5.56 Å². The second-order valence-electron chi connectivity index (χ2n) is 4.26. The molecule has 6 heteroatoms. The molecule has 0 atom stereocenters. The number of ether oxygens (including phenoxy) is 2. The summed E-state index contributed by atoms with van der Waals surface area (Å²) < 4.78 is 45.6. The van der Waals surface area contributed by atoms with Gasteiger partial charge in [-0.15, -0.1) is 13.2 Å². The molecule has 1 N–H and O–H groups in total. The Morgan fingerprint density at radius 1 is 1.05 bits per heavy atom. The molecule has 0 heterocycles. The van der Waals surface area contributed by atoms with Crippen LogP contribution >= 0.6 is 0 Å². The Labute approximate surface area is 119 Å². The molecule has 3 nitrogen and oxygen atoms in total. The van der Waals surface area contributed by atoms with Crippen LogP contribution in [0.15, 0.2) is 42.5 Å². The van der Waals surface area contributed by atoms with E-state index in [1.165, 1.54) is 25.3 Å². The van der Waals surface area contributed by atoms with Crippen LogP contribution in [-0.4, -0.2) is 18.6 Å². The zero-order valence-electron chi connectivity index (χ0n) is 11.1. The van der Waals surface area contributed by atoms with Crippen LogP contribution in [0.2, 0.25) is 0 Å². The monoisotopic (exact) mass is 298 g/mol. The normalized spacial score (nSPS) is 11.3. The van der Waals surface area contributed by atoms with Crippen LogP contribution in [0, 0.1) is 0 Å². The summed E-state index contributed by atoms with van der Waals surface area (Å²) in [6.07, 6.45) is -4.74. The van der Waals surface area contributed by atoms with Crippen LogP contribution in [0.4, 0.5) is 13.2 Å². The van der Waals surface area contributed by atoms with E-state index in [1.54, 1.807) is 24.3 Å². The second kappa shape index (κ2) is 6.05. The maximum Gasteiger partial charge on any atom is 0.573 e. The molecular weight excluding hydrogens is 285 g/mol. The summed E-state index contributed by atoms with van der Waals surface area (Å²) in [6.45, 7) is -0.0736. The zero-order chi connectivity index (χ0) is 15.5. The highest BCUT2D eigenvalue weighted by molar-refractivity contribution is 5.71. The lowest BCUT2D eigenvalue weighted by Crippen LogP contribution is -2.17. The van der Waals surface area contributed by atoms with Crippen molar-refractivity contribution in [3.63, 3.8) is 0 Å². The van der Waals surface area contributed by atoms with Crippen LogP contribution in [0.25, 0.3) is 11.1 Å². The Kier molecular flexibility index (Phi) is 4.37. The fraction of sp³-hybridized carbons (Fsp3) is 0.200. The minimum Gasteiger partial charge on any atom is -0.496 e. The van der Waals surface area contributed by atoms with Gasteiger partial charge in [0.15, 0.2) is 0 Å². The van der Waals surface area contributed by atoms with E-state index < -0.39 is 6.36 Å². The zero-order valence-corrected chi connectivity index (χ0v) is 11.1. The van der Waals surface area contributed by atoms with E-state index in [-0.39, 0.29) is 18.1 Å². The maximum atomic E-state index is 12.2. The molecule has 2 rings (SSSR count). The van der Waals surface area contributed by atoms with E-state index in [1.807, 2.05) is 0 Å². The summed E-state index contributed by atoms with van der Waals surface area (Å²) in [6, 6.07) is 10.9. The lowest BCUT2D eigenvalue weighted by atomic mass is 10.0. The first-order valence-corrected chi connectivity index (χ1v) is 6.07. The molecule has 2 aromatic carbocycles. The number of rotatable bonds is 4. The third-order valence-corrected chi connectivity index (χ3v) is 2.85. The molecule has 0 amide bonds. The third-order valence-electron chi connectivity index (χ3n) is 2.85. The third kappa shape index (κ3) is 3.88. The molecule has 0 saturated heterocycles. The fourth-order valence-electron chi connectivity index (χ4n) is 1.90. The molecule has 0 unspecified atom stereocenters. The van der Waals surface area contributed by atoms with Gasteiger partial charge in [-0.05, 0) is 23.3 Å². The van der Waals surface area contributed by atoms with Crippen molar-refractivity contribution in [3.8, 4) is 22.6 Å². The fourth-order valence-corrected chi connectivity index (χ4v) is 1.90. The van der Waals surface area contributed by atoms with E-state index in [4.69, 9.17) is 9.84 Å². The molecule has 21 heavy (non-hydrogen) atoms. The van der Waals surface area contributed by atoms with Crippen molar-refractivity contribution in [2.45, 2.75) is 13.0 Å². The van der Waals surface area contributed by atoms with E-state index in [9.17, 15) is 13.2 Å². The van der Waals surface area contributed by atoms with Crippen molar-refractivity contribution in [3.05, 3.63) is 48.0 Å². The number of aliphatic hydroxyl groups excluding tert-OH is 1. The second-order valence-corrected chi connectivity index (χ2v) is 4.26. The molecule has 112 valence electrons. The van der Waals surface area contributed by atoms with E-state index in [2.05, 4.69) is 4.74 Å². The lowest BCUT2D eigenvalue weighted by molar-refractivity contribution is -0.274. The first-order chi connectivity index (χ1) is 9.93. The predicted molar refractivity (Wildman–Crippen MR) is 71.0 cm³/mol. The first kappa shape index (κ1) is 15.2. The number of methoxy groups -OCH3 is 1. The number of halogens is 3. The number of alkyl halides is 3. The maximum absolute atomic E-state index is 12.2. The molecule has 0 aromatic heterocycles. The number of benzene rings is 2. The van der Waals surface area contributed by atoms with Crippen molar-refractivity contribution >= 4 is 0 Å². The lowest BCUT2D eigenvalue weighted by Gasteiger charge is -2.13. The molecular formula is C15H13F3O3. The summed E-state index contributed by atoms with van der Waals surface area (Å²) in [5.41, 5.74) is 2.15. The van der Waals surface area contributed by atoms with Gasteiger partial charge >= 0.3 is 6.36 Å². The molecule has 0 fully saturated rings. The smallest absolute Gasteiger partial charge is 0.496 e. The highest BCUT2D eigenvalue weighted by Gasteiger charge is 2.31. The van der Waals surface area contributed by atoms with Crippen molar-refractivity contribution in [1.29, 1.82) is 0 Å². The van der Waals surface area contributed by atoms with Gasteiger partial charge in [0.25, 0.3) is 0 Å². The Hall–Kier alpha value is -2.21. The standard InChI is InChI=1S/C15H13F3O3/c1-20-14-8-12(21-15(16,17)18)6-7-13(14)11-4-2-10(9-19)3-5-11/h2-8,19H,9H2,1H3. The van der Waals surface area contributed by atoms with Gasteiger partial charge in [-0.2, -0.15) is 0 Å². The quantitative estimate of drug-likeness (QED) is 0.934. The van der Waals surface area contributed by atoms with Crippen molar-refractivity contribution < 1.29 is 27.8 Å². The van der Waals surface area contributed by atoms with Crippen LogP contribution in [-0.2, 0) is 6.61 Å². The predicted octanol–water partition coefficient (Wildman–Crippen LogP) is 3.75. The van der Waals surface area contributed by atoms with Gasteiger partial charge in [0.1, 0.15) is 11.5 Å². The summed E-state index contributed by atoms with van der Waals surface area (Å²) in [7, 11) is 1.37. The molecule has 2 aromatic rings. The summed E-state index contributed by atoms with van der Waals surface area (Å²) in [4.78, 5) is 0. The molecule has 0 spiro atoms. The van der Waals surface area contributed by atoms with Crippen LogP contribution < -0.4 is 9.47 Å². The summed E-state index contributed by atoms with van der Waals surface area (Å²) in [5, 5.41) is 9.00. The highest BCUT2D eigenvalue weighted by atomic mass is 19.4. The van der Waals surface area contributed by atoms with E-state index >= 15 is 0 Å². The van der Waals surface area contributed by atoms with E-state index in [0.717, 1.165) is 11.1 Å². The molecule has 0 bridgehead atoms. The Morgan fingerprint density at radius 2 is 1.71 bits per heavy atom.